The predicted octanol–water partition coefficient (Wildman–Crippen LogP) is 8.35. The van der Waals surface area contributed by atoms with Gasteiger partial charge in [0.2, 0.25) is 17.6 Å². The Morgan fingerprint density at radius 3 is 2.18 bits per heavy atom. The Bertz CT molecular complexity index is 2880. The van der Waals surface area contributed by atoms with Gasteiger partial charge in [0.1, 0.15) is 29.2 Å². The van der Waals surface area contributed by atoms with Crippen LogP contribution in [0.15, 0.2) is 128 Å². The molecule has 9 rings (SSSR count). The van der Waals surface area contributed by atoms with Gasteiger partial charge in [0, 0.05) is 87.7 Å². The zero-order chi connectivity index (χ0) is 43.3. The lowest BCUT2D eigenvalue weighted by atomic mass is 9.96. The standard InChI is InChI=1S/C25H23N7.C23H22FN5O/c1-16-8-10-19(11-9-16)21-15-32-22(14-23(26)31-25(32)30-21)20-12-13-27-24(29-20)28-17(2)18-6-4-3-5-7-18;1-16(30)28-11-13-29(14-12-28)23-22(18-7-9-26-10-8-18)21(20(15-25)27(23)2)17-3-5-19(24)6-4-17/h3-15,17H,1-2H3,(H2,26,30,31)(H,27,28,29);3-10H,11-14H2,1-2H3/t17-;/m0./s1. The number of hydrogen-bond donors (Lipinski definition) is 2. The molecule has 6 heterocycles. The number of carbonyl (C=O) groups excluding carboxylic acids is 1. The number of aromatic nitrogens is 7. The van der Waals surface area contributed by atoms with Crippen LogP contribution in [0.3, 0.4) is 0 Å². The molecule has 0 bridgehead atoms. The number of benzene rings is 3. The Hall–Kier alpha value is -7.92. The van der Waals surface area contributed by atoms with Crippen LogP contribution in [0.4, 0.5) is 22.0 Å². The van der Waals surface area contributed by atoms with E-state index in [1.165, 1.54) is 17.7 Å². The van der Waals surface area contributed by atoms with Gasteiger partial charge in [-0.15, -0.1) is 0 Å². The molecule has 1 atom stereocenters. The third-order valence-electron chi connectivity index (χ3n) is 11.0. The minimum Gasteiger partial charge on any atom is -0.384 e. The second-order valence-electron chi connectivity index (χ2n) is 15.1. The number of imidazole rings is 1. The molecule has 14 heteroatoms. The van der Waals surface area contributed by atoms with Crippen molar-refractivity contribution in [2.45, 2.75) is 26.8 Å². The molecular weight excluding hydrogens is 780 g/mol. The van der Waals surface area contributed by atoms with Gasteiger partial charge in [0.05, 0.1) is 23.1 Å². The Morgan fingerprint density at radius 2 is 1.50 bits per heavy atom. The summed E-state index contributed by atoms with van der Waals surface area (Å²) in [5.74, 6) is 2.13. The lowest BCUT2D eigenvalue weighted by Gasteiger charge is -2.36. The van der Waals surface area contributed by atoms with Gasteiger partial charge in [0.25, 0.3) is 0 Å². The summed E-state index contributed by atoms with van der Waals surface area (Å²) in [5.41, 5.74) is 15.8. The van der Waals surface area contributed by atoms with Crippen LogP contribution >= 0.6 is 0 Å². The highest BCUT2D eigenvalue weighted by atomic mass is 19.1. The number of fused-ring (bicyclic) bond motifs is 1. The maximum atomic E-state index is 13.6. The molecule has 8 aromatic rings. The monoisotopic (exact) mass is 824 g/mol. The summed E-state index contributed by atoms with van der Waals surface area (Å²) >= 11 is 0. The SMILES string of the molecule is CC(=O)N1CCN(c2c(-c3ccncc3)c(-c3ccc(F)cc3)c(C#N)n2C)CC1.Cc1ccc(-c2cn3c(-c4ccnc(N[C@@H](C)c5ccccc5)n4)cc(N)nc3n2)cc1. The highest BCUT2D eigenvalue weighted by Gasteiger charge is 2.29. The lowest BCUT2D eigenvalue weighted by Crippen LogP contribution is -2.48. The van der Waals surface area contributed by atoms with Crippen LogP contribution in [-0.2, 0) is 11.8 Å². The number of rotatable bonds is 8. The molecule has 62 heavy (non-hydrogen) atoms. The summed E-state index contributed by atoms with van der Waals surface area (Å²) in [6.07, 6.45) is 7.15. The van der Waals surface area contributed by atoms with Gasteiger partial charge in [-0.25, -0.2) is 19.3 Å². The Balaban J connectivity index is 0.000000171. The lowest BCUT2D eigenvalue weighted by molar-refractivity contribution is -0.129. The second kappa shape index (κ2) is 17.7. The number of pyridine rings is 1. The number of amides is 1. The number of aryl methyl sites for hydroxylation is 1. The summed E-state index contributed by atoms with van der Waals surface area (Å²) in [4.78, 5) is 38.1. The van der Waals surface area contributed by atoms with Gasteiger partial charge in [-0.3, -0.25) is 14.2 Å². The van der Waals surface area contributed by atoms with Crippen molar-refractivity contribution in [2.24, 2.45) is 7.05 Å². The number of anilines is 3. The minimum atomic E-state index is -0.320. The minimum absolute atomic E-state index is 0.0652. The largest absolute Gasteiger partial charge is 0.384 e. The van der Waals surface area contributed by atoms with Gasteiger partial charge in [-0.05, 0) is 60.9 Å². The Morgan fingerprint density at radius 1 is 0.823 bits per heavy atom. The van der Waals surface area contributed by atoms with E-state index < -0.39 is 0 Å². The molecule has 5 aromatic heterocycles. The molecule has 0 saturated carbocycles. The van der Waals surface area contributed by atoms with Crippen molar-refractivity contribution in [1.29, 1.82) is 5.26 Å². The van der Waals surface area contributed by atoms with Crippen LogP contribution in [0.2, 0.25) is 0 Å². The Labute approximate surface area is 359 Å². The molecule has 0 spiro atoms. The summed E-state index contributed by atoms with van der Waals surface area (Å²) in [6, 6.07) is 34.6. The molecule has 0 aliphatic carbocycles. The molecule has 13 nitrogen and oxygen atoms in total. The molecular formula is C48H45FN12O. The van der Waals surface area contributed by atoms with Crippen LogP contribution in [0, 0.1) is 24.1 Å². The molecule has 3 N–H and O–H groups in total. The highest BCUT2D eigenvalue weighted by molar-refractivity contribution is 5.95. The van der Waals surface area contributed by atoms with Crippen molar-refractivity contribution in [3.05, 3.63) is 151 Å². The summed E-state index contributed by atoms with van der Waals surface area (Å²) < 4.78 is 17.4. The topological polar surface area (TPSA) is 159 Å². The average Bonchev–Trinajstić information content (AvgIpc) is 3.86. The average molecular weight is 825 g/mol. The third kappa shape index (κ3) is 8.55. The van der Waals surface area contributed by atoms with Crippen molar-refractivity contribution >= 4 is 29.3 Å². The summed E-state index contributed by atoms with van der Waals surface area (Å²) in [7, 11) is 1.88. The van der Waals surface area contributed by atoms with E-state index >= 15 is 0 Å². The van der Waals surface area contributed by atoms with Crippen molar-refractivity contribution < 1.29 is 9.18 Å². The summed E-state index contributed by atoms with van der Waals surface area (Å²) in [6.45, 7) is 8.33. The van der Waals surface area contributed by atoms with Crippen LogP contribution in [0.5, 0.6) is 0 Å². The van der Waals surface area contributed by atoms with E-state index in [4.69, 9.17) is 10.7 Å². The number of halogens is 1. The fourth-order valence-corrected chi connectivity index (χ4v) is 7.73. The van der Waals surface area contributed by atoms with Crippen LogP contribution < -0.4 is 16.0 Å². The summed E-state index contributed by atoms with van der Waals surface area (Å²) in [5, 5.41) is 13.4. The molecule has 1 aliphatic rings. The van der Waals surface area contributed by atoms with Gasteiger partial charge >= 0.3 is 0 Å². The van der Waals surface area contributed by atoms with E-state index in [2.05, 4.69) is 86.5 Å². The maximum absolute atomic E-state index is 13.6. The fourth-order valence-electron chi connectivity index (χ4n) is 7.73. The van der Waals surface area contributed by atoms with E-state index in [9.17, 15) is 14.4 Å². The van der Waals surface area contributed by atoms with E-state index in [1.54, 1.807) is 43.7 Å². The number of nitriles is 1. The molecule has 0 unspecified atom stereocenters. The van der Waals surface area contributed by atoms with Crippen LogP contribution in [0.25, 0.3) is 50.7 Å². The normalized spacial score (nSPS) is 13.0. The quantitative estimate of drug-likeness (QED) is 0.153. The molecule has 0 radical (unpaired) electrons. The molecule has 1 amide bonds. The number of nitrogens with zero attached hydrogens (tertiary/aromatic N) is 10. The number of nitrogen functional groups attached to an aromatic ring is 1. The van der Waals surface area contributed by atoms with Crippen molar-refractivity contribution in [1.82, 2.24) is 38.8 Å². The third-order valence-corrected chi connectivity index (χ3v) is 11.0. The fraction of sp³-hybridized carbons (Fsp3) is 0.188. The first-order valence-electron chi connectivity index (χ1n) is 20.2. The predicted molar refractivity (Wildman–Crippen MR) is 240 cm³/mol. The van der Waals surface area contributed by atoms with Gasteiger partial charge in [-0.1, -0.05) is 72.3 Å². The first-order valence-corrected chi connectivity index (χ1v) is 20.2. The van der Waals surface area contributed by atoms with Gasteiger partial charge < -0.3 is 25.4 Å². The number of nitrogens with two attached hydrogens (primary N) is 1. The van der Waals surface area contributed by atoms with E-state index in [1.807, 2.05) is 63.5 Å². The highest BCUT2D eigenvalue weighted by Crippen LogP contribution is 2.44. The molecule has 1 fully saturated rings. The number of hydrogen-bond acceptors (Lipinski definition) is 10. The molecule has 310 valence electrons. The van der Waals surface area contributed by atoms with Crippen LogP contribution in [0.1, 0.15) is 36.7 Å². The van der Waals surface area contributed by atoms with Crippen molar-refractivity contribution in [2.75, 3.05) is 42.1 Å². The number of nitrogens with one attached hydrogen (secondary N) is 1. The number of piperazine rings is 1. The smallest absolute Gasteiger partial charge is 0.236 e. The van der Waals surface area contributed by atoms with E-state index in [-0.39, 0.29) is 17.8 Å². The molecule has 3 aromatic carbocycles. The zero-order valence-corrected chi connectivity index (χ0v) is 34.9. The molecule has 1 saturated heterocycles. The molecule has 1 aliphatic heterocycles. The maximum Gasteiger partial charge on any atom is 0.236 e. The van der Waals surface area contributed by atoms with Crippen LogP contribution in [-0.4, -0.2) is 70.9 Å². The van der Waals surface area contributed by atoms with Gasteiger partial charge in [-0.2, -0.15) is 10.2 Å². The second-order valence-corrected chi connectivity index (χ2v) is 15.1. The van der Waals surface area contributed by atoms with Crippen molar-refractivity contribution in [3.8, 4) is 51.0 Å². The van der Waals surface area contributed by atoms with E-state index in [0.717, 1.165) is 56.3 Å². The zero-order valence-electron chi connectivity index (χ0n) is 34.9. The van der Waals surface area contributed by atoms with Crippen molar-refractivity contribution in [3.63, 3.8) is 0 Å². The Kier molecular flexibility index (Phi) is 11.7. The van der Waals surface area contributed by atoms with Gasteiger partial charge in [0.15, 0.2) is 0 Å². The van der Waals surface area contributed by atoms with E-state index in [0.29, 0.717) is 49.4 Å². The number of carbonyl (C=O) groups is 1. The first kappa shape index (κ1) is 40.8. The first-order chi connectivity index (χ1) is 30.1.